The normalized spacial score (nSPS) is 9.00. The van der Waals surface area contributed by atoms with Gasteiger partial charge in [-0.05, 0) is 28.5 Å². The Kier molecular flexibility index (Phi) is 4.09. The summed E-state index contributed by atoms with van der Waals surface area (Å²) in [6.07, 6.45) is 2.00. The lowest BCUT2D eigenvalue weighted by atomic mass is 10.0. The minimum absolute atomic E-state index is 0.250. The Morgan fingerprint density at radius 2 is 1.88 bits per heavy atom. The highest BCUT2D eigenvalue weighted by Gasteiger charge is 1.98. The van der Waals surface area contributed by atoms with Crippen LogP contribution in [0.25, 0.3) is 16.8 Å². The van der Waals surface area contributed by atoms with E-state index in [2.05, 4.69) is 12.3 Å². The van der Waals surface area contributed by atoms with Gasteiger partial charge in [-0.1, -0.05) is 36.9 Å². The third-order valence-corrected chi connectivity index (χ3v) is 2.10. The highest BCUT2D eigenvalue weighted by Crippen LogP contribution is 2.24. The Hall–Kier alpha value is -2.29. The Balaban J connectivity index is 0.000000386. The fourth-order valence-electron chi connectivity index (χ4n) is 1.49. The molecule has 0 saturated heterocycles. The van der Waals surface area contributed by atoms with Gasteiger partial charge in [-0.3, -0.25) is 4.79 Å². The summed E-state index contributed by atoms with van der Waals surface area (Å²) in [5.74, 6) is 0.286. The zero-order chi connectivity index (χ0) is 12.0. The Morgan fingerprint density at radius 1 is 1.25 bits per heavy atom. The lowest BCUT2D eigenvalue weighted by Gasteiger charge is -2.02. The van der Waals surface area contributed by atoms with Crippen LogP contribution in [0.1, 0.15) is 5.56 Å². The zero-order valence-corrected chi connectivity index (χ0v) is 8.76. The highest BCUT2D eigenvalue weighted by atomic mass is 16.3. The number of nitrogens with two attached hydrogens (primary N) is 1. The molecule has 0 aromatic heterocycles. The van der Waals surface area contributed by atoms with Crippen molar-refractivity contribution in [1.82, 2.24) is 0 Å². The van der Waals surface area contributed by atoms with Gasteiger partial charge in [0, 0.05) is 0 Å². The van der Waals surface area contributed by atoms with E-state index in [0.717, 1.165) is 16.3 Å². The number of primary amides is 1. The highest BCUT2D eigenvalue weighted by molar-refractivity contribution is 5.91. The molecule has 3 N–H and O–H groups in total. The minimum Gasteiger partial charge on any atom is -0.508 e. The molecule has 0 aliphatic carbocycles. The van der Waals surface area contributed by atoms with E-state index in [4.69, 9.17) is 4.79 Å². The van der Waals surface area contributed by atoms with Crippen LogP contribution >= 0.6 is 0 Å². The van der Waals surface area contributed by atoms with Crippen molar-refractivity contribution in [2.45, 2.75) is 0 Å². The predicted molar refractivity (Wildman–Crippen MR) is 66.0 cm³/mol. The Labute approximate surface area is 93.8 Å². The molecule has 0 bridgehead atoms. The van der Waals surface area contributed by atoms with Gasteiger partial charge < -0.3 is 10.8 Å². The molecule has 2 rings (SSSR count). The number of rotatable bonds is 1. The minimum atomic E-state index is 0.250. The van der Waals surface area contributed by atoms with Crippen LogP contribution in [-0.4, -0.2) is 11.5 Å². The molecular formula is C13H13NO2. The number of phenols is 1. The van der Waals surface area contributed by atoms with E-state index in [0.29, 0.717) is 0 Å². The topological polar surface area (TPSA) is 63.3 Å². The molecule has 3 heteroatoms. The van der Waals surface area contributed by atoms with E-state index in [1.54, 1.807) is 18.2 Å². The van der Waals surface area contributed by atoms with E-state index in [1.165, 1.54) is 0 Å². The Bertz CT molecular complexity index is 506. The van der Waals surface area contributed by atoms with Crippen molar-refractivity contribution < 1.29 is 9.90 Å². The smallest absolute Gasteiger partial charge is 0.204 e. The lowest BCUT2D eigenvalue weighted by molar-refractivity contribution is -0.106. The maximum Gasteiger partial charge on any atom is 0.204 e. The first-order chi connectivity index (χ1) is 7.72. The number of aromatic hydroxyl groups is 1. The second kappa shape index (κ2) is 5.56. The summed E-state index contributed by atoms with van der Waals surface area (Å²) in [4.78, 5) is 8.58. The van der Waals surface area contributed by atoms with Gasteiger partial charge in [-0.2, -0.15) is 0 Å². The molecule has 82 valence electrons. The average molecular weight is 215 g/mol. The quantitative estimate of drug-likeness (QED) is 0.717. The molecule has 0 aliphatic heterocycles. The SMILES string of the molecule is C=Cc1cc(O)cc2ccccc12.NC=O. The van der Waals surface area contributed by atoms with Gasteiger partial charge in [-0.25, -0.2) is 0 Å². The summed E-state index contributed by atoms with van der Waals surface area (Å²) in [5, 5.41) is 11.6. The fraction of sp³-hybridized carbons (Fsp3) is 0. The summed E-state index contributed by atoms with van der Waals surface area (Å²) in [7, 11) is 0. The second-order valence-electron chi connectivity index (χ2n) is 3.10. The first-order valence-electron chi connectivity index (χ1n) is 4.72. The fourth-order valence-corrected chi connectivity index (χ4v) is 1.49. The third kappa shape index (κ3) is 2.60. The Morgan fingerprint density at radius 3 is 2.50 bits per heavy atom. The van der Waals surface area contributed by atoms with Gasteiger partial charge in [0.1, 0.15) is 5.75 Å². The first kappa shape index (κ1) is 11.8. The second-order valence-corrected chi connectivity index (χ2v) is 3.10. The monoisotopic (exact) mass is 215 g/mol. The molecule has 0 aliphatic rings. The van der Waals surface area contributed by atoms with Crippen LogP contribution in [-0.2, 0) is 4.79 Å². The van der Waals surface area contributed by atoms with Crippen molar-refractivity contribution >= 4 is 23.3 Å². The summed E-state index contributed by atoms with van der Waals surface area (Å²) in [6.45, 7) is 3.71. The van der Waals surface area contributed by atoms with Gasteiger partial charge in [-0.15, -0.1) is 0 Å². The molecule has 3 nitrogen and oxygen atoms in total. The molecule has 0 heterocycles. The number of carbonyl (C=O) groups excluding carboxylic acids is 1. The van der Waals surface area contributed by atoms with Crippen molar-refractivity contribution in [2.24, 2.45) is 5.73 Å². The summed E-state index contributed by atoms with van der Waals surface area (Å²) in [6, 6.07) is 11.4. The van der Waals surface area contributed by atoms with Crippen molar-refractivity contribution in [3.8, 4) is 5.75 Å². The molecule has 0 saturated carbocycles. The molecule has 1 amide bonds. The van der Waals surface area contributed by atoms with Crippen LogP contribution in [0, 0.1) is 0 Å². The average Bonchev–Trinajstić information content (AvgIpc) is 2.29. The van der Waals surface area contributed by atoms with Crippen molar-refractivity contribution in [3.63, 3.8) is 0 Å². The van der Waals surface area contributed by atoms with E-state index in [1.807, 2.05) is 24.3 Å². The van der Waals surface area contributed by atoms with E-state index >= 15 is 0 Å². The standard InChI is InChI=1S/C12H10O.CH3NO/c1-2-9-7-11(13)8-10-5-3-4-6-12(9)10;2-1-3/h2-8,13H,1H2;1H,(H2,2,3). The molecule has 0 atom stereocenters. The van der Waals surface area contributed by atoms with Crippen LogP contribution in [0.5, 0.6) is 5.75 Å². The summed E-state index contributed by atoms with van der Waals surface area (Å²) >= 11 is 0. The molecule has 2 aromatic rings. The summed E-state index contributed by atoms with van der Waals surface area (Å²) < 4.78 is 0. The van der Waals surface area contributed by atoms with Gasteiger partial charge in [0.05, 0.1) is 0 Å². The van der Waals surface area contributed by atoms with Gasteiger partial charge in [0.25, 0.3) is 0 Å². The van der Waals surface area contributed by atoms with Gasteiger partial charge in [0.15, 0.2) is 0 Å². The van der Waals surface area contributed by atoms with Crippen LogP contribution in [0.3, 0.4) is 0 Å². The van der Waals surface area contributed by atoms with Crippen LogP contribution in [0.15, 0.2) is 43.0 Å². The maximum atomic E-state index is 9.39. The predicted octanol–water partition coefficient (Wildman–Crippen LogP) is 2.29. The maximum absolute atomic E-state index is 9.39. The molecular weight excluding hydrogens is 202 g/mol. The van der Waals surface area contributed by atoms with E-state index in [-0.39, 0.29) is 12.2 Å². The molecule has 16 heavy (non-hydrogen) atoms. The molecule has 0 unspecified atom stereocenters. The van der Waals surface area contributed by atoms with Crippen molar-refractivity contribution in [3.05, 3.63) is 48.5 Å². The van der Waals surface area contributed by atoms with E-state index < -0.39 is 0 Å². The van der Waals surface area contributed by atoms with Crippen LogP contribution in [0.4, 0.5) is 0 Å². The molecule has 0 radical (unpaired) electrons. The van der Waals surface area contributed by atoms with E-state index in [9.17, 15) is 5.11 Å². The number of carbonyl (C=O) groups is 1. The van der Waals surface area contributed by atoms with Crippen LogP contribution < -0.4 is 5.73 Å². The molecule has 2 aromatic carbocycles. The number of amides is 1. The zero-order valence-electron chi connectivity index (χ0n) is 8.76. The number of hydrogen-bond acceptors (Lipinski definition) is 2. The lowest BCUT2D eigenvalue weighted by Crippen LogP contribution is -1.82. The molecule has 0 spiro atoms. The number of fused-ring (bicyclic) bond motifs is 1. The number of hydrogen-bond donors (Lipinski definition) is 2. The third-order valence-electron chi connectivity index (χ3n) is 2.10. The van der Waals surface area contributed by atoms with Crippen molar-refractivity contribution in [1.29, 1.82) is 0 Å². The van der Waals surface area contributed by atoms with Gasteiger partial charge >= 0.3 is 0 Å². The number of phenolic OH excluding ortho intramolecular Hbond substituents is 1. The largest absolute Gasteiger partial charge is 0.508 e. The van der Waals surface area contributed by atoms with Gasteiger partial charge in [0.2, 0.25) is 6.41 Å². The summed E-state index contributed by atoms with van der Waals surface area (Å²) in [5.41, 5.74) is 5.13. The molecule has 0 fully saturated rings. The first-order valence-corrected chi connectivity index (χ1v) is 4.72. The van der Waals surface area contributed by atoms with Crippen molar-refractivity contribution in [2.75, 3.05) is 0 Å². The van der Waals surface area contributed by atoms with Crippen LogP contribution in [0.2, 0.25) is 0 Å². The number of benzene rings is 2.